The van der Waals surface area contributed by atoms with Crippen molar-refractivity contribution in [3.63, 3.8) is 0 Å². The van der Waals surface area contributed by atoms with Gasteiger partial charge in [0.25, 0.3) is 5.91 Å². The monoisotopic (exact) mass is 555 g/mol. The zero-order valence-electron chi connectivity index (χ0n) is 24.2. The van der Waals surface area contributed by atoms with Gasteiger partial charge in [0.05, 0.1) is 26.4 Å². The molecular formula is C33H41N5O3. The van der Waals surface area contributed by atoms with Crippen LogP contribution >= 0.6 is 0 Å². The fourth-order valence-corrected chi connectivity index (χ4v) is 7.24. The Labute approximate surface area is 242 Å². The normalized spacial score (nSPS) is 25.1. The van der Waals surface area contributed by atoms with E-state index in [0.29, 0.717) is 12.1 Å². The fraction of sp³-hybridized carbons (Fsp3) is 0.515. The van der Waals surface area contributed by atoms with Crippen molar-refractivity contribution in [3.8, 4) is 11.8 Å². The molecule has 6 rings (SSSR count). The highest BCUT2D eigenvalue weighted by Crippen LogP contribution is 2.56. The van der Waals surface area contributed by atoms with Crippen LogP contribution in [-0.2, 0) is 11.3 Å². The van der Waals surface area contributed by atoms with Crippen LogP contribution in [0.15, 0.2) is 42.6 Å². The van der Waals surface area contributed by atoms with Gasteiger partial charge in [-0.05, 0) is 80.0 Å². The molecule has 2 aliphatic heterocycles. The molecule has 8 heteroatoms. The molecule has 1 amide bonds. The lowest BCUT2D eigenvalue weighted by Gasteiger charge is -2.53. The first kappa shape index (κ1) is 27.8. The molecule has 1 atom stereocenters. The van der Waals surface area contributed by atoms with Gasteiger partial charge in [-0.15, -0.1) is 0 Å². The zero-order valence-corrected chi connectivity index (χ0v) is 24.2. The SMILES string of the molecule is COc1cc(C)c2[nH]ccc2c1CN1CCC2(CC(C#N)C2)CC1c1ccc(C(=O)NCCN2CCOCC2)cc1. The Bertz CT molecular complexity index is 1410. The van der Waals surface area contributed by atoms with Crippen molar-refractivity contribution in [1.82, 2.24) is 20.1 Å². The van der Waals surface area contributed by atoms with E-state index in [2.05, 4.69) is 57.4 Å². The topological polar surface area (TPSA) is 93.6 Å². The van der Waals surface area contributed by atoms with Gasteiger partial charge in [0.1, 0.15) is 5.75 Å². The van der Waals surface area contributed by atoms with Gasteiger partial charge in [0.2, 0.25) is 0 Å². The van der Waals surface area contributed by atoms with Crippen LogP contribution in [0.1, 0.15) is 58.8 Å². The standard InChI is InChI=1S/C33H41N5O3/c1-23-17-30(40-2)28(27-7-9-35-31(23)27)22-38-11-8-33(18-24(19-33)21-34)20-29(38)25-3-5-26(6-4-25)32(39)36-10-12-37-13-15-41-16-14-37/h3-7,9,17,24,29,35H,8,10-16,18-20,22H2,1-2H3,(H,36,39). The Morgan fingerprint density at radius 1 is 1.17 bits per heavy atom. The number of carbonyl (C=O) groups excluding carboxylic acids is 1. The number of benzene rings is 2. The minimum Gasteiger partial charge on any atom is -0.496 e. The zero-order chi connectivity index (χ0) is 28.4. The molecule has 1 aliphatic carbocycles. The number of hydrogen-bond acceptors (Lipinski definition) is 6. The van der Waals surface area contributed by atoms with Crippen molar-refractivity contribution >= 4 is 16.8 Å². The van der Waals surface area contributed by atoms with Crippen molar-refractivity contribution in [1.29, 1.82) is 5.26 Å². The minimum atomic E-state index is -0.0307. The van der Waals surface area contributed by atoms with Crippen molar-refractivity contribution in [2.45, 2.75) is 45.2 Å². The summed E-state index contributed by atoms with van der Waals surface area (Å²) in [6.07, 6.45) is 6.13. The van der Waals surface area contributed by atoms with Crippen molar-refractivity contribution in [2.24, 2.45) is 11.3 Å². The van der Waals surface area contributed by atoms with Crippen LogP contribution in [0.4, 0.5) is 0 Å². The second-order valence-corrected chi connectivity index (χ2v) is 12.1. The molecule has 2 N–H and O–H groups in total. The van der Waals surface area contributed by atoms with Gasteiger partial charge in [-0.1, -0.05) is 12.1 Å². The first-order chi connectivity index (χ1) is 20.0. The van der Waals surface area contributed by atoms with E-state index in [1.165, 1.54) is 22.1 Å². The highest BCUT2D eigenvalue weighted by molar-refractivity contribution is 5.94. The van der Waals surface area contributed by atoms with Crippen LogP contribution in [0, 0.1) is 29.6 Å². The number of morpholine rings is 1. The van der Waals surface area contributed by atoms with Gasteiger partial charge in [0.15, 0.2) is 0 Å². The number of carbonyl (C=O) groups is 1. The number of likely N-dealkylation sites (tertiary alicyclic amines) is 1. The third-order valence-corrected chi connectivity index (χ3v) is 9.61. The molecule has 1 spiro atoms. The molecule has 1 saturated carbocycles. The maximum Gasteiger partial charge on any atom is 0.251 e. The van der Waals surface area contributed by atoms with E-state index in [1.807, 2.05) is 18.3 Å². The smallest absolute Gasteiger partial charge is 0.251 e. The van der Waals surface area contributed by atoms with Crippen LogP contribution < -0.4 is 10.1 Å². The molecule has 1 aromatic heterocycles. The summed E-state index contributed by atoms with van der Waals surface area (Å²) >= 11 is 0. The summed E-state index contributed by atoms with van der Waals surface area (Å²) in [5.41, 5.74) is 5.69. The predicted octanol–water partition coefficient (Wildman–Crippen LogP) is 4.80. The van der Waals surface area contributed by atoms with E-state index in [9.17, 15) is 10.1 Å². The van der Waals surface area contributed by atoms with Gasteiger partial charge >= 0.3 is 0 Å². The molecule has 3 aliphatic rings. The third kappa shape index (κ3) is 5.72. The summed E-state index contributed by atoms with van der Waals surface area (Å²) < 4.78 is 11.3. The number of nitriles is 1. The van der Waals surface area contributed by atoms with Crippen molar-refractivity contribution < 1.29 is 14.3 Å². The third-order valence-electron chi connectivity index (χ3n) is 9.61. The molecular weight excluding hydrogens is 514 g/mol. The number of hydrogen-bond donors (Lipinski definition) is 2. The lowest BCUT2D eigenvalue weighted by atomic mass is 9.56. The number of rotatable bonds is 8. The van der Waals surface area contributed by atoms with E-state index in [1.54, 1.807) is 7.11 Å². The maximum atomic E-state index is 12.9. The average molecular weight is 556 g/mol. The number of fused-ring (bicyclic) bond motifs is 1. The number of aryl methyl sites for hydroxylation is 1. The Morgan fingerprint density at radius 2 is 1.95 bits per heavy atom. The Morgan fingerprint density at radius 3 is 2.68 bits per heavy atom. The lowest BCUT2D eigenvalue weighted by molar-refractivity contribution is -0.0298. The Hall–Kier alpha value is -3.38. The average Bonchev–Trinajstić information content (AvgIpc) is 3.49. The van der Waals surface area contributed by atoms with Gasteiger partial charge in [-0.25, -0.2) is 0 Å². The van der Waals surface area contributed by atoms with Crippen molar-refractivity contribution in [2.75, 3.05) is 53.0 Å². The Kier molecular flexibility index (Phi) is 8.03. The summed E-state index contributed by atoms with van der Waals surface area (Å²) in [5.74, 6) is 1.07. The highest BCUT2D eigenvalue weighted by Gasteiger charge is 2.49. The lowest BCUT2D eigenvalue weighted by Crippen LogP contribution is -2.48. The number of methoxy groups -OCH3 is 1. The first-order valence-electron chi connectivity index (χ1n) is 14.9. The van der Waals surface area contributed by atoms with E-state index in [0.717, 1.165) is 82.9 Å². The van der Waals surface area contributed by atoms with E-state index < -0.39 is 0 Å². The number of aromatic nitrogens is 1. The molecule has 1 unspecified atom stereocenters. The Balaban J connectivity index is 1.20. The maximum absolute atomic E-state index is 12.9. The van der Waals surface area contributed by atoms with Crippen LogP contribution in [0.5, 0.6) is 5.75 Å². The molecule has 0 radical (unpaired) electrons. The summed E-state index contributed by atoms with van der Waals surface area (Å²) in [5, 5.41) is 13.8. The van der Waals surface area contributed by atoms with E-state index in [4.69, 9.17) is 9.47 Å². The van der Waals surface area contributed by atoms with Crippen LogP contribution in [0.2, 0.25) is 0 Å². The van der Waals surface area contributed by atoms with E-state index >= 15 is 0 Å². The number of amides is 1. The number of aromatic amines is 1. The fourth-order valence-electron chi connectivity index (χ4n) is 7.24. The molecule has 0 bridgehead atoms. The van der Waals surface area contributed by atoms with Gasteiger partial charge < -0.3 is 19.8 Å². The summed E-state index contributed by atoms with van der Waals surface area (Å²) in [6, 6.07) is 15.2. The molecule has 3 heterocycles. The largest absolute Gasteiger partial charge is 0.496 e. The molecule has 3 fully saturated rings. The first-order valence-corrected chi connectivity index (χ1v) is 14.9. The summed E-state index contributed by atoms with van der Waals surface area (Å²) in [7, 11) is 1.75. The molecule has 41 heavy (non-hydrogen) atoms. The van der Waals surface area contributed by atoms with Crippen LogP contribution in [0.3, 0.4) is 0 Å². The van der Waals surface area contributed by atoms with Gasteiger partial charge in [0, 0.05) is 72.9 Å². The molecule has 8 nitrogen and oxygen atoms in total. The van der Waals surface area contributed by atoms with E-state index in [-0.39, 0.29) is 23.3 Å². The molecule has 216 valence electrons. The van der Waals surface area contributed by atoms with Crippen molar-refractivity contribution in [3.05, 3.63) is 64.8 Å². The van der Waals surface area contributed by atoms with Crippen LogP contribution in [0.25, 0.3) is 10.9 Å². The number of nitrogens with zero attached hydrogens (tertiary/aromatic N) is 3. The molecule has 2 aromatic carbocycles. The number of nitrogens with one attached hydrogen (secondary N) is 2. The number of ether oxygens (including phenoxy) is 2. The van der Waals surface area contributed by atoms with Gasteiger partial charge in [-0.3, -0.25) is 14.6 Å². The summed E-state index contributed by atoms with van der Waals surface area (Å²) in [4.78, 5) is 21.2. The van der Waals surface area contributed by atoms with Gasteiger partial charge in [-0.2, -0.15) is 5.26 Å². The van der Waals surface area contributed by atoms with Crippen LogP contribution in [-0.4, -0.2) is 73.7 Å². The number of H-pyrrole nitrogens is 1. The number of piperidine rings is 1. The minimum absolute atomic E-state index is 0.0307. The molecule has 3 aromatic rings. The second-order valence-electron chi connectivity index (χ2n) is 12.1. The quantitative estimate of drug-likeness (QED) is 0.415. The predicted molar refractivity (Wildman–Crippen MR) is 159 cm³/mol. The summed E-state index contributed by atoms with van der Waals surface area (Å²) in [6.45, 7) is 8.70. The highest BCUT2D eigenvalue weighted by atomic mass is 16.5. The second kappa shape index (κ2) is 11.8. The molecule has 2 saturated heterocycles.